The summed E-state index contributed by atoms with van der Waals surface area (Å²) in [7, 11) is 0. The minimum Gasteiger partial charge on any atom is -0.507 e. The summed E-state index contributed by atoms with van der Waals surface area (Å²) >= 11 is 1.10. The van der Waals surface area contributed by atoms with Gasteiger partial charge in [-0.15, -0.1) is 10.2 Å². The zero-order chi connectivity index (χ0) is 26.1. The monoisotopic (exact) mass is 515 g/mol. The zero-order valence-corrected chi connectivity index (χ0v) is 20.8. The van der Waals surface area contributed by atoms with Gasteiger partial charge < -0.3 is 9.84 Å². The van der Waals surface area contributed by atoms with Gasteiger partial charge in [0.2, 0.25) is 5.13 Å². The number of hydrogen-bond acceptors (Lipinski definition) is 7. The Morgan fingerprint density at radius 3 is 2.46 bits per heavy atom. The van der Waals surface area contributed by atoms with Crippen molar-refractivity contribution in [2.24, 2.45) is 0 Å². The number of benzene rings is 3. The highest BCUT2D eigenvalue weighted by Gasteiger charge is 2.49. The van der Waals surface area contributed by atoms with E-state index in [0.29, 0.717) is 17.4 Å². The number of carbonyl (C=O) groups is 2. The number of anilines is 1. The lowest BCUT2D eigenvalue weighted by molar-refractivity contribution is -0.132. The first-order valence-corrected chi connectivity index (χ1v) is 12.3. The molecule has 7 nitrogen and oxygen atoms in total. The second kappa shape index (κ2) is 9.94. The molecule has 186 valence electrons. The average Bonchev–Trinajstić information content (AvgIpc) is 3.43. The molecule has 1 N–H and O–H groups in total. The maximum absolute atomic E-state index is 14.9. The molecule has 37 heavy (non-hydrogen) atoms. The lowest BCUT2D eigenvalue weighted by Gasteiger charge is -2.22. The molecule has 0 bridgehead atoms. The molecule has 3 aromatic carbocycles. The van der Waals surface area contributed by atoms with E-state index >= 15 is 0 Å². The maximum atomic E-state index is 14.9. The maximum Gasteiger partial charge on any atom is 0.301 e. The zero-order valence-electron chi connectivity index (χ0n) is 20.0. The van der Waals surface area contributed by atoms with Gasteiger partial charge in [-0.3, -0.25) is 14.5 Å². The van der Waals surface area contributed by atoms with Crippen molar-refractivity contribution in [1.29, 1.82) is 0 Å². The number of aliphatic hydroxyl groups excluding tert-OH is 1. The lowest BCUT2D eigenvalue weighted by atomic mass is 9.95. The molecule has 1 atom stereocenters. The van der Waals surface area contributed by atoms with Crippen LogP contribution in [0.5, 0.6) is 5.75 Å². The van der Waals surface area contributed by atoms with Gasteiger partial charge in [-0.05, 0) is 49.7 Å². The summed E-state index contributed by atoms with van der Waals surface area (Å²) in [5.41, 5.74) is 2.27. The fourth-order valence-corrected chi connectivity index (χ4v) is 4.95. The van der Waals surface area contributed by atoms with Crippen molar-refractivity contribution >= 4 is 33.9 Å². The molecule has 0 radical (unpaired) electrons. The van der Waals surface area contributed by atoms with E-state index in [1.165, 1.54) is 18.2 Å². The van der Waals surface area contributed by atoms with E-state index in [2.05, 4.69) is 10.2 Å². The Hall–Kier alpha value is -4.37. The Balaban J connectivity index is 1.51. The van der Waals surface area contributed by atoms with Crippen molar-refractivity contribution in [2.75, 3.05) is 4.90 Å². The van der Waals surface area contributed by atoms with E-state index in [4.69, 9.17) is 4.74 Å². The number of aliphatic hydroxyl groups is 1. The number of halogens is 1. The molecule has 0 saturated carbocycles. The highest BCUT2D eigenvalue weighted by molar-refractivity contribution is 7.15. The minimum absolute atomic E-state index is 0.0641. The van der Waals surface area contributed by atoms with Gasteiger partial charge >= 0.3 is 5.91 Å². The highest BCUT2D eigenvalue weighted by Crippen LogP contribution is 2.43. The molecule has 1 aliphatic rings. The summed E-state index contributed by atoms with van der Waals surface area (Å²) in [6.07, 6.45) is 0. The largest absolute Gasteiger partial charge is 0.507 e. The first-order valence-electron chi connectivity index (χ1n) is 11.5. The normalized spacial score (nSPS) is 16.8. The van der Waals surface area contributed by atoms with Crippen LogP contribution >= 0.6 is 11.3 Å². The number of aromatic nitrogens is 2. The van der Waals surface area contributed by atoms with Gasteiger partial charge in [-0.2, -0.15) is 0 Å². The third kappa shape index (κ3) is 4.73. The minimum atomic E-state index is -1.20. The van der Waals surface area contributed by atoms with E-state index in [9.17, 15) is 19.1 Å². The molecule has 0 aliphatic carbocycles. The molecular formula is C28H22FN3O4S. The number of Topliss-reactive ketones (excluding diaryl/α,β-unsaturated/α-hetero) is 1. The van der Waals surface area contributed by atoms with Crippen LogP contribution in [0, 0.1) is 19.7 Å². The Morgan fingerprint density at radius 1 is 1.03 bits per heavy atom. The number of rotatable bonds is 6. The molecule has 1 aromatic heterocycles. The number of ketones is 1. The SMILES string of the molecule is Cc1cccc(COc2ccc(/C(O)=C3\C(=O)C(=O)N(c4nnc(C)s4)C3c3ccccc3F)cc2)c1. The average molecular weight is 516 g/mol. The first kappa shape index (κ1) is 24.3. The number of amides is 1. The number of ether oxygens (including phenoxy) is 1. The molecule has 0 spiro atoms. The van der Waals surface area contributed by atoms with E-state index in [1.54, 1.807) is 37.3 Å². The molecule has 1 saturated heterocycles. The predicted molar refractivity (Wildman–Crippen MR) is 138 cm³/mol. The van der Waals surface area contributed by atoms with Crippen LogP contribution in [0.2, 0.25) is 0 Å². The van der Waals surface area contributed by atoms with Gasteiger partial charge in [0.05, 0.1) is 5.57 Å². The quantitative estimate of drug-likeness (QED) is 0.207. The summed E-state index contributed by atoms with van der Waals surface area (Å²) in [6, 6.07) is 19.1. The van der Waals surface area contributed by atoms with E-state index in [0.717, 1.165) is 27.4 Å². The molecule has 1 amide bonds. The number of aryl methyl sites for hydroxylation is 2. The fourth-order valence-electron chi connectivity index (χ4n) is 4.24. The van der Waals surface area contributed by atoms with Gasteiger partial charge in [0, 0.05) is 11.1 Å². The van der Waals surface area contributed by atoms with E-state index in [1.807, 2.05) is 31.2 Å². The van der Waals surface area contributed by atoms with Crippen LogP contribution < -0.4 is 9.64 Å². The van der Waals surface area contributed by atoms with Gasteiger partial charge in [0.25, 0.3) is 5.78 Å². The molecule has 4 aromatic rings. The standard InChI is InChI=1S/C28H22FN3O4S/c1-16-6-5-7-18(14-16)15-36-20-12-10-19(11-13-20)25(33)23-24(21-8-3-4-9-22(21)29)32(27(35)26(23)34)28-31-30-17(2)37-28/h3-14,24,33H,15H2,1-2H3/b25-23+. The molecule has 5 rings (SSSR count). The van der Waals surface area contributed by atoms with Crippen molar-refractivity contribution in [1.82, 2.24) is 10.2 Å². The van der Waals surface area contributed by atoms with Crippen molar-refractivity contribution in [2.45, 2.75) is 26.5 Å². The summed E-state index contributed by atoms with van der Waals surface area (Å²) in [5.74, 6) is -2.32. The van der Waals surface area contributed by atoms with Crippen molar-refractivity contribution in [3.8, 4) is 5.75 Å². The van der Waals surface area contributed by atoms with E-state index < -0.39 is 29.3 Å². The predicted octanol–water partition coefficient (Wildman–Crippen LogP) is 5.50. The Bertz CT molecular complexity index is 1530. The van der Waals surface area contributed by atoms with Crippen LogP contribution in [0.3, 0.4) is 0 Å². The Labute approximate surface area is 216 Å². The van der Waals surface area contributed by atoms with Gasteiger partial charge in [0.15, 0.2) is 0 Å². The topological polar surface area (TPSA) is 92.6 Å². The van der Waals surface area contributed by atoms with Crippen LogP contribution in [0.25, 0.3) is 5.76 Å². The van der Waals surface area contributed by atoms with Crippen LogP contribution in [0.15, 0.2) is 78.4 Å². The second-order valence-electron chi connectivity index (χ2n) is 8.60. The molecular weight excluding hydrogens is 493 g/mol. The molecule has 1 aliphatic heterocycles. The highest BCUT2D eigenvalue weighted by atomic mass is 32.1. The van der Waals surface area contributed by atoms with Crippen LogP contribution in [-0.4, -0.2) is 27.0 Å². The number of nitrogens with zero attached hydrogens (tertiary/aromatic N) is 3. The molecule has 1 unspecified atom stereocenters. The molecule has 2 heterocycles. The third-order valence-electron chi connectivity index (χ3n) is 5.98. The summed E-state index contributed by atoms with van der Waals surface area (Å²) < 4.78 is 20.8. The summed E-state index contributed by atoms with van der Waals surface area (Å²) in [4.78, 5) is 27.3. The Kier molecular flexibility index (Phi) is 6.54. The van der Waals surface area contributed by atoms with Crippen molar-refractivity contribution < 1.29 is 23.8 Å². The molecule has 1 fully saturated rings. The number of hydrogen-bond donors (Lipinski definition) is 1. The second-order valence-corrected chi connectivity index (χ2v) is 9.76. The summed E-state index contributed by atoms with van der Waals surface area (Å²) in [5, 5.41) is 19.9. The Morgan fingerprint density at radius 2 is 1.78 bits per heavy atom. The lowest BCUT2D eigenvalue weighted by Crippen LogP contribution is -2.29. The fraction of sp³-hybridized carbons (Fsp3) is 0.143. The van der Waals surface area contributed by atoms with Crippen LogP contribution in [-0.2, 0) is 16.2 Å². The van der Waals surface area contributed by atoms with Crippen molar-refractivity contribution in [3.63, 3.8) is 0 Å². The van der Waals surface area contributed by atoms with Crippen LogP contribution in [0.4, 0.5) is 9.52 Å². The summed E-state index contributed by atoms with van der Waals surface area (Å²) in [6.45, 7) is 4.08. The molecule has 9 heteroatoms. The van der Waals surface area contributed by atoms with Gasteiger partial charge in [-0.1, -0.05) is 59.4 Å². The van der Waals surface area contributed by atoms with Crippen LogP contribution in [0.1, 0.15) is 33.3 Å². The van der Waals surface area contributed by atoms with E-state index in [-0.39, 0.29) is 21.8 Å². The third-order valence-corrected chi connectivity index (χ3v) is 6.82. The smallest absolute Gasteiger partial charge is 0.301 e. The van der Waals surface area contributed by atoms with Crippen molar-refractivity contribution in [3.05, 3.63) is 111 Å². The van der Waals surface area contributed by atoms with Gasteiger partial charge in [0.1, 0.15) is 35.0 Å². The van der Waals surface area contributed by atoms with Gasteiger partial charge in [-0.25, -0.2) is 4.39 Å². The first-order chi connectivity index (χ1) is 17.8. The number of carbonyl (C=O) groups excluding carboxylic acids is 2.